The van der Waals surface area contributed by atoms with Gasteiger partial charge in [0.15, 0.2) is 11.5 Å². The second-order valence-corrected chi connectivity index (χ2v) is 4.86. The molecule has 0 amide bonds. The van der Waals surface area contributed by atoms with Crippen molar-refractivity contribution in [2.75, 3.05) is 19.5 Å². The van der Waals surface area contributed by atoms with Crippen molar-refractivity contribution in [3.05, 3.63) is 18.2 Å². The maximum absolute atomic E-state index is 8.90. The molecule has 0 fully saturated rings. The molecule has 0 saturated carbocycles. The SMILES string of the molecule is COc1ccc(N)cc1OCCCC(C)(C)C#N. The van der Waals surface area contributed by atoms with Crippen molar-refractivity contribution in [2.45, 2.75) is 26.7 Å². The summed E-state index contributed by atoms with van der Waals surface area (Å²) in [5.41, 5.74) is 6.04. The lowest BCUT2D eigenvalue weighted by Crippen LogP contribution is -2.10. The molecule has 0 bridgehead atoms. The van der Waals surface area contributed by atoms with Crippen molar-refractivity contribution < 1.29 is 9.47 Å². The summed E-state index contributed by atoms with van der Waals surface area (Å²) in [5.74, 6) is 1.32. The first-order valence-electron chi connectivity index (χ1n) is 5.96. The maximum atomic E-state index is 8.90. The fourth-order valence-electron chi connectivity index (χ4n) is 1.56. The Balaban J connectivity index is 2.49. The molecule has 4 heteroatoms. The molecule has 0 radical (unpaired) electrons. The highest BCUT2D eigenvalue weighted by molar-refractivity contribution is 5.51. The second-order valence-electron chi connectivity index (χ2n) is 4.86. The third-order valence-electron chi connectivity index (χ3n) is 2.69. The zero-order valence-electron chi connectivity index (χ0n) is 11.2. The van der Waals surface area contributed by atoms with Gasteiger partial charge in [-0.05, 0) is 38.8 Å². The van der Waals surface area contributed by atoms with Crippen molar-refractivity contribution in [3.8, 4) is 17.6 Å². The molecule has 0 aliphatic heterocycles. The van der Waals surface area contributed by atoms with Crippen LogP contribution in [0.1, 0.15) is 26.7 Å². The lowest BCUT2D eigenvalue weighted by atomic mass is 9.90. The molecular formula is C14H20N2O2. The van der Waals surface area contributed by atoms with E-state index in [-0.39, 0.29) is 5.41 Å². The van der Waals surface area contributed by atoms with Gasteiger partial charge in [0.25, 0.3) is 0 Å². The Morgan fingerprint density at radius 2 is 2.06 bits per heavy atom. The quantitative estimate of drug-likeness (QED) is 0.620. The van der Waals surface area contributed by atoms with Gasteiger partial charge in [-0.3, -0.25) is 0 Å². The first-order chi connectivity index (χ1) is 8.48. The van der Waals surface area contributed by atoms with Crippen LogP contribution in [-0.2, 0) is 0 Å². The van der Waals surface area contributed by atoms with Gasteiger partial charge in [0.2, 0.25) is 0 Å². The van der Waals surface area contributed by atoms with Crippen LogP contribution in [0.25, 0.3) is 0 Å². The predicted molar refractivity (Wildman–Crippen MR) is 71.5 cm³/mol. The first kappa shape index (κ1) is 14.2. The van der Waals surface area contributed by atoms with Crippen molar-refractivity contribution in [1.82, 2.24) is 0 Å². The number of anilines is 1. The van der Waals surface area contributed by atoms with Gasteiger partial charge in [-0.2, -0.15) is 5.26 Å². The van der Waals surface area contributed by atoms with Gasteiger partial charge in [-0.1, -0.05) is 0 Å². The summed E-state index contributed by atoms with van der Waals surface area (Å²) in [4.78, 5) is 0. The normalized spacial score (nSPS) is 10.8. The van der Waals surface area contributed by atoms with Gasteiger partial charge in [-0.25, -0.2) is 0 Å². The predicted octanol–water partition coefficient (Wildman–Crippen LogP) is 2.99. The van der Waals surface area contributed by atoms with Crippen LogP contribution in [0.2, 0.25) is 0 Å². The number of nitrogens with zero attached hydrogens (tertiary/aromatic N) is 1. The number of ether oxygens (including phenoxy) is 2. The minimum Gasteiger partial charge on any atom is -0.493 e. The zero-order valence-corrected chi connectivity index (χ0v) is 11.2. The summed E-state index contributed by atoms with van der Waals surface area (Å²) in [5, 5.41) is 8.90. The highest BCUT2D eigenvalue weighted by Crippen LogP contribution is 2.29. The number of methoxy groups -OCH3 is 1. The molecule has 0 aromatic heterocycles. The van der Waals surface area contributed by atoms with Gasteiger partial charge in [0.05, 0.1) is 25.2 Å². The average molecular weight is 248 g/mol. The van der Waals surface area contributed by atoms with E-state index < -0.39 is 0 Å². The van der Waals surface area contributed by atoms with Crippen LogP contribution < -0.4 is 15.2 Å². The Morgan fingerprint density at radius 1 is 1.33 bits per heavy atom. The van der Waals surface area contributed by atoms with Crippen molar-refractivity contribution >= 4 is 5.69 Å². The minimum absolute atomic E-state index is 0.302. The molecule has 4 nitrogen and oxygen atoms in total. The van der Waals surface area contributed by atoms with Crippen molar-refractivity contribution in [1.29, 1.82) is 5.26 Å². The molecule has 0 saturated heterocycles. The smallest absolute Gasteiger partial charge is 0.163 e. The van der Waals surface area contributed by atoms with Crippen LogP contribution in [0, 0.1) is 16.7 Å². The number of nitriles is 1. The standard InChI is InChI=1S/C14H20N2O2/c1-14(2,10-15)7-4-8-18-13-9-11(16)5-6-12(13)17-3/h5-6,9H,4,7-8,16H2,1-3H3. The number of rotatable bonds is 6. The third kappa shape index (κ3) is 4.17. The van der Waals surface area contributed by atoms with E-state index >= 15 is 0 Å². The Bertz CT molecular complexity index is 436. The molecule has 18 heavy (non-hydrogen) atoms. The van der Waals surface area contributed by atoms with E-state index in [0.29, 0.717) is 23.8 Å². The van der Waals surface area contributed by atoms with Crippen molar-refractivity contribution in [2.24, 2.45) is 5.41 Å². The minimum atomic E-state index is -0.302. The molecule has 1 rings (SSSR count). The Morgan fingerprint density at radius 3 is 2.67 bits per heavy atom. The summed E-state index contributed by atoms with van der Waals surface area (Å²) < 4.78 is 10.8. The zero-order chi connectivity index (χ0) is 13.6. The summed E-state index contributed by atoms with van der Waals surface area (Å²) in [6.07, 6.45) is 1.62. The van der Waals surface area contributed by atoms with Crippen LogP contribution in [0.5, 0.6) is 11.5 Å². The van der Waals surface area contributed by atoms with Gasteiger partial charge >= 0.3 is 0 Å². The van der Waals surface area contributed by atoms with E-state index in [4.69, 9.17) is 20.5 Å². The van der Waals surface area contributed by atoms with Gasteiger partial charge in [0.1, 0.15) is 0 Å². The number of nitrogen functional groups attached to an aromatic ring is 1. The van der Waals surface area contributed by atoms with Crippen LogP contribution >= 0.6 is 0 Å². The average Bonchev–Trinajstić information content (AvgIpc) is 2.35. The van der Waals surface area contributed by atoms with E-state index in [1.54, 1.807) is 25.3 Å². The molecule has 1 aromatic rings. The summed E-state index contributed by atoms with van der Waals surface area (Å²) >= 11 is 0. The molecule has 0 atom stereocenters. The maximum Gasteiger partial charge on any atom is 0.163 e. The molecule has 1 aromatic carbocycles. The molecule has 0 unspecified atom stereocenters. The Hall–Kier alpha value is -1.89. The van der Waals surface area contributed by atoms with Gasteiger partial charge in [-0.15, -0.1) is 0 Å². The molecule has 0 heterocycles. The van der Waals surface area contributed by atoms with Gasteiger partial charge in [0, 0.05) is 11.8 Å². The van der Waals surface area contributed by atoms with Crippen LogP contribution in [-0.4, -0.2) is 13.7 Å². The molecular weight excluding hydrogens is 228 g/mol. The fraction of sp³-hybridized carbons (Fsp3) is 0.500. The number of nitrogens with two attached hydrogens (primary N) is 1. The largest absolute Gasteiger partial charge is 0.493 e. The number of hydrogen-bond donors (Lipinski definition) is 1. The van der Waals surface area contributed by atoms with E-state index in [1.807, 2.05) is 13.8 Å². The molecule has 0 spiro atoms. The van der Waals surface area contributed by atoms with Crippen LogP contribution in [0.4, 0.5) is 5.69 Å². The third-order valence-corrected chi connectivity index (χ3v) is 2.69. The lowest BCUT2D eigenvalue weighted by Gasteiger charge is -2.15. The Labute approximate surface area is 108 Å². The van der Waals surface area contributed by atoms with E-state index in [2.05, 4.69) is 6.07 Å². The molecule has 0 aliphatic rings. The van der Waals surface area contributed by atoms with E-state index in [9.17, 15) is 0 Å². The second kappa shape index (κ2) is 6.15. The monoisotopic (exact) mass is 248 g/mol. The first-order valence-corrected chi connectivity index (χ1v) is 5.96. The van der Waals surface area contributed by atoms with E-state index in [0.717, 1.165) is 12.8 Å². The fourth-order valence-corrected chi connectivity index (χ4v) is 1.56. The highest BCUT2D eigenvalue weighted by Gasteiger charge is 2.15. The molecule has 0 aliphatic carbocycles. The summed E-state index contributed by atoms with van der Waals surface area (Å²) in [7, 11) is 1.59. The Kier molecular flexibility index (Phi) is 4.85. The lowest BCUT2D eigenvalue weighted by molar-refractivity contribution is 0.270. The molecule has 98 valence electrons. The van der Waals surface area contributed by atoms with Crippen LogP contribution in [0.15, 0.2) is 18.2 Å². The van der Waals surface area contributed by atoms with Gasteiger partial charge < -0.3 is 15.2 Å². The highest BCUT2D eigenvalue weighted by atomic mass is 16.5. The number of benzene rings is 1. The summed E-state index contributed by atoms with van der Waals surface area (Å²) in [6, 6.07) is 7.57. The summed E-state index contributed by atoms with van der Waals surface area (Å²) in [6.45, 7) is 4.40. The van der Waals surface area contributed by atoms with Crippen molar-refractivity contribution in [3.63, 3.8) is 0 Å². The number of hydrogen-bond acceptors (Lipinski definition) is 4. The molecule has 2 N–H and O–H groups in total. The van der Waals surface area contributed by atoms with E-state index in [1.165, 1.54) is 0 Å². The van der Waals surface area contributed by atoms with Crippen LogP contribution in [0.3, 0.4) is 0 Å². The topological polar surface area (TPSA) is 68.3 Å².